The Morgan fingerprint density at radius 3 is 2.78 bits per heavy atom. The Morgan fingerprint density at radius 1 is 1.50 bits per heavy atom. The van der Waals surface area contributed by atoms with Crippen molar-refractivity contribution in [2.45, 2.75) is 6.18 Å². The van der Waals surface area contributed by atoms with Gasteiger partial charge in [-0.2, -0.15) is 18.3 Å². The van der Waals surface area contributed by atoms with Crippen LogP contribution in [0.25, 0.3) is 5.65 Å². The lowest BCUT2D eigenvalue weighted by atomic mass is 10.5. The van der Waals surface area contributed by atoms with Crippen LogP contribution >= 0.6 is 27.5 Å². The normalized spacial score (nSPS) is 11.8. The van der Waals surface area contributed by atoms with E-state index in [-0.39, 0.29) is 16.6 Å². The first-order chi connectivity index (χ1) is 8.27. The van der Waals surface area contributed by atoms with Gasteiger partial charge in [0, 0.05) is 0 Å². The Hall–Kier alpha value is -1.35. The van der Waals surface area contributed by atoms with Gasteiger partial charge in [0.05, 0.1) is 10.7 Å². The third-order valence-electron chi connectivity index (χ3n) is 1.85. The molecule has 0 aromatic carbocycles. The molecule has 96 valence electrons. The van der Waals surface area contributed by atoms with Gasteiger partial charge in [-0.1, -0.05) is 11.6 Å². The fraction of sp³-hybridized carbons (Fsp3) is 0.125. The first-order valence-corrected chi connectivity index (χ1v) is 5.54. The SMILES string of the molecule is O=C(Nc1cn2nc(Cl)cc(Br)c2n1)C(F)(F)F. The van der Waals surface area contributed by atoms with E-state index < -0.39 is 12.1 Å². The summed E-state index contributed by atoms with van der Waals surface area (Å²) in [5.74, 6) is -2.37. The summed E-state index contributed by atoms with van der Waals surface area (Å²) in [6.45, 7) is 0. The standard InChI is InChI=1S/C8H3BrClF3N4O/c9-3-1-4(10)16-17-2-5(14-6(3)17)15-7(18)8(11,12)13/h1-2H,(H,15,18). The smallest absolute Gasteiger partial charge is 0.301 e. The van der Waals surface area contributed by atoms with Gasteiger partial charge in [0.15, 0.2) is 16.6 Å². The van der Waals surface area contributed by atoms with Crippen LogP contribution in [-0.4, -0.2) is 26.7 Å². The molecule has 10 heteroatoms. The molecule has 0 atom stereocenters. The summed E-state index contributed by atoms with van der Waals surface area (Å²) in [7, 11) is 0. The van der Waals surface area contributed by atoms with Crippen molar-refractivity contribution in [1.29, 1.82) is 0 Å². The van der Waals surface area contributed by atoms with E-state index in [1.807, 2.05) is 0 Å². The quantitative estimate of drug-likeness (QED) is 0.866. The lowest BCUT2D eigenvalue weighted by molar-refractivity contribution is -0.167. The summed E-state index contributed by atoms with van der Waals surface area (Å²) in [4.78, 5) is 14.5. The highest BCUT2D eigenvalue weighted by Crippen LogP contribution is 2.23. The molecule has 0 saturated heterocycles. The molecule has 18 heavy (non-hydrogen) atoms. The number of aromatic nitrogens is 3. The number of halogens is 5. The Kier molecular flexibility index (Phi) is 3.20. The van der Waals surface area contributed by atoms with E-state index in [1.54, 1.807) is 5.32 Å². The van der Waals surface area contributed by atoms with Crippen molar-refractivity contribution >= 4 is 44.9 Å². The average Bonchev–Trinajstić information content (AvgIpc) is 2.58. The molecule has 0 unspecified atom stereocenters. The van der Waals surface area contributed by atoms with Crippen molar-refractivity contribution in [1.82, 2.24) is 14.6 Å². The van der Waals surface area contributed by atoms with Crippen molar-refractivity contribution in [3.63, 3.8) is 0 Å². The van der Waals surface area contributed by atoms with Gasteiger partial charge in [0.25, 0.3) is 0 Å². The highest BCUT2D eigenvalue weighted by atomic mass is 79.9. The van der Waals surface area contributed by atoms with Crippen LogP contribution in [-0.2, 0) is 4.79 Å². The van der Waals surface area contributed by atoms with Crippen LogP contribution in [0.15, 0.2) is 16.7 Å². The van der Waals surface area contributed by atoms with Crippen LogP contribution in [0.1, 0.15) is 0 Å². The number of amides is 1. The maximum atomic E-state index is 12.0. The molecule has 0 saturated carbocycles. The Bertz CT molecular complexity index is 627. The highest BCUT2D eigenvalue weighted by molar-refractivity contribution is 9.10. The fourth-order valence-electron chi connectivity index (χ4n) is 1.16. The molecule has 0 aliphatic heterocycles. The zero-order valence-corrected chi connectivity index (χ0v) is 10.6. The zero-order chi connectivity index (χ0) is 13.5. The van der Waals surface area contributed by atoms with Crippen LogP contribution in [0.4, 0.5) is 19.0 Å². The van der Waals surface area contributed by atoms with Crippen molar-refractivity contribution in [2.75, 3.05) is 5.32 Å². The molecule has 0 aliphatic carbocycles. The minimum absolute atomic E-state index is 0.125. The number of nitrogens with one attached hydrogen (secondary N) is 1. The number of hydrogen-bond donors (Lipinski definition) is 1. The fourth-order valence-corrected chi connectivity index (χ4v) is 1.97. The number of hydrogen-bond acceptors (Lipinski definition) is 3. The molecule has 2 aromatic heterocycles. The first-order valence-electron chi connectivity index (χ1n) is 4.37. The molecule has 0 fully saturated rings. The number of imidazole rings is 1. The van der Waals surface area contributed by atoms with Gasteiger partial charge < -0.3 is 5.32 Å². The van der Waals surface area contributed by atoms with E-state index >= 15 is 0 Å². The minimum Gasteiger partial charge on any atom is -0.301 e. The molecular weight excluding hydrogens is 340 g/mol. The maximum Gasteiger partial charge on any atom is 0.471 e. The van der Waals surface area contributed by atoms with Gasteiger partial charge in [0.1, 0.15) is 0 Å². The van der Waals surface area contributed by atoms with Crippen LogP contribution < -0.4 is 5.32 Å². The summed E-state index contributed by atoms with van der Waals surface area (Å²) in [5, 5.41) is 5.53. The topological polar surface area (TPSA) is 59.3 Å². The minimum atomic E-state index is -4.97. The number of carbonyl (C=O) groups excluding carboxylic acids is 1. The van der Waals surface area contributed by atoms with Crippen LogP contribution in [0.2, 0.25) is 5.15 Å². The maximum absolute atomic E-state index is 12.0. The van der Waals surface area contributed by atoms with E-state index in [4.69, 9.17) is 11.6 Å². The number of alkyl halides is 3. The number of nitrogens with zero attached hydrogens (tertiary/aromatic N) is 3. The Labute approximate surface area is 111 Å². The van der Waals surface area contributed by atoms with E-state index in [0.717, 1.165) is 10.7 Å². The molecule has 0 radical (unpaired) electrons. The summed E-state index contributed by atoms with van der Waals surface area (Å²) in [6.07, 6.45) is -3.85. The van der Waals surface area contributed by atoms with Crippen molar-refractivity contribution in [3.05, 3.63) is 21.9 Å². The Morgan fingerprint density at radius 2 is 2.17 bits per heavy atom. The monoisotopic (exact) mass is 342 g/mol. The lowest BCUT2D eigenvalue weighted by Gasteiger charge is -2.03. The molecule has 0 aliphatic rings. The largest absolute Gasteiger partial charge is 0.471 e. The van der Waals surface area contributed by atoms with Crippen molar-refractivity contribution < 1.29 is 18.0 Å². The summed E-state index contributed by atoms with van der Waals surface area (Å²) < 4.78 is 37.7. The molecule has 5 nitrogen and oxygen atoms in total. The van der Waals surface area contributed by atoms with Crippen molar-refractivity contribution in [2.24, 2.45) is 0 Å². The van der Waals surface area contributed by atoms with Gasteiger partial charge in [-0.15, -0.1) is 0 Å². The van der Waals surface area contributed by atoms with Gasteiger partial charge in [0.2, 0.25) is 0 Å². The number of anilines is 1. The molecule has 0 spiro atoms. The van der Waals surface area contributed by atoms with Gasteiger partial charge in [-0.3, -0.25) is 4.79 Å². The van der Waals surface area contributed by atoms with Crippen LogP contribution in [0.3, 0.4) is 0 Å². The van der Waals surface area contributed by atoms with Gasteiger partial charge >= 0.3 is 12.1 Å². The summed E-state index contributed by atoms with van der Waals surface area (Å²) >= 11 is 8.78. The molecule has 0 bridgehead atoms. The summed E-state index contributed by atoms with van der Waals surface area (Å²) in [5.41, 5.74) is 0.233. The lowest BCUT2D eigenvalue weighted by Crippen LogP contribution is -2.30. The Balaban J connectivity index is 2.37. The predicted molar refractivity (Wildman–Crippen MR) is 60.4 cm³/mol. The highest BCUT2D eigenvalue weighted by Gasteiger charge is 2.39. The molecule has 2 heterocycles. The van der Waals surface area contributed by atoms with E-state index in [2.05, 4.69) is 26.0 Å². The molecule has 1 amide bonds. The molecular formula is C8H3BrClF3N4O. The number of carbonyl (C=O) groups is 1. The van der Waals surface area contributed by atoms with Crippen molar-refractivity contribution in [3.8, 4) is 0 Å². The molecule has 1 N–H and O–H groups in total. The molecule has 2 aromatic rings. The number of fused-ring (bicyclic) bond motifs is 1. The first kappa shape index (κ1) is 13.1. The van der Waals surface area contributed by atoms with Crippen LogP contribution in [0.5, 0.6) is 0 Å². The van der Waals surface area contributed by atoms with Gasteiger partial charge in [-0.05, 0) is 22.0 Å². The van der Waals surface area contributed by atoms with Crippen LogP contribution in [0, 0.1) is 0 Å². The van der Waals surface area contributed by atoms with E-state index in [9.17, 15) is 18.0 Å². The van der Waals surface area contributed by atoms with E-state index in [0.29, 0.717) is 4.47 Å². The predicted octanol–water partition coefficient (Wildman–Crippen LogP) is 2.65. The summed E-state index contributed by atoms with van der Waals surface area (Å²) in [6, 6.07) is 1.43. The zero-order valence-electron chi connectivity index (χ0n) is 8.29. The van der Waals surface area contributed by atoms with E-state index in [1.165, 1.54) is 6.07 Å². The molecule has 2 rings (SSSR count). The number of rotatable bonds is 1. The van der Waals surface area contributed by atoms with Gasteiger partial charge in [-0.25, -0.2) is 9.50 Å². The average molecular weight is 343 g/mol. The second-order valence-electron chi connectivity index (χ2n) is 3.16. The second-order valence-corrected chi connectivity index (χ2v) is 4.40. The second kappa shape index (κ2) is 4.39. The third kappa shape index (κ3) is 2.56. The third-order valence-corrected chi connectivity index (χ3v) is 2.62.